The van der Waals surface area contributed by atoms with E-state index in [4.69, 9.17) is 16.3 Å². The van der Waals surface area contributed by atoms with E-state index in [9.17, 15) is 10.1 Å². The standard InChI is InChI=1S/C13H16BrClN2O3/c1-2-3-16-9-6-10(7-9)20-13-11(14)4-8(15)5-12(13)17(18)19/h4-5,9-10,16H,2-3,6-7H2,1H3. The molecule has 5 nitrogen and oxygen atoms in total. The van der Waals surface area contributed by atoms with Crippen LogP contribution in [0.3, 0.4) is 0 Å². The largest absolute Gasteiger partial charge is 0.483 e. The number of hydrogen-bond acceptors (Lipinski definition) is 4. The van der Waals surface area contributed by atoms with Crippen molar-refractivity contribution in [2.24, 2.45) is 0 Å². The Labute approximate surface area is 130 Å². The Bertz CT molecular complexity index is 507. The molecule has 20 heavy (non-hydrogen) atoms. The van der Waals surface area contributed by atoms with Crippen molar-refractivity contribution in [2.45, 2.75) is 38.3 Å². The molecule has 7 heteroatoms. The molecule has 0 aromatic heterocycles. The summed E-state index contributed by atoms with van der Waals surface area (Å²) < 4.78 is 6.27. The Balaban J connectivity index is 2.02. The minimum atomic E-state index is -0.475. The number of nitrogens with one attached hydrogen (secondary N) is 1. The maximum atomic E-state index is 11.1. The van der Waals surface area contributed by atoms with Gasteiger partial charge in [-0.05, 0) is 47.8 Å². The third-order valence-corrected chi connectivity index (χ3v) is 4.06. The van der Waals surface area contributed by atoms with Crippen molar-refractivity contribution in [2.75, 3.05) is 6.54 Å². The fourth-order valence-corrected chi connectivity index (χ4v) is 3.03. The molecule has 2 rings (SSSR count). The average molecular weight is 364 g/mol. The molecule has 0 heterocycles. The molecule has 0 spiro atoms. The van der Waals surface area contributed by atoms with Gasteiger partial charge in [-0.2, -0.15) is 0 Å². The minimum absolute atomic E-state index is 0.0144. The second-order valence-electron chi connectivity index (χ2n) is 4.86. The lowest BCUT2D eigenvalue weighted by atomic mass is 9.89. The highest BCUT2D eigenvalue weighted by molar-refractivity contribution is 9.10. The first kappa shape index (κ1) is 15.5. The van der Waals surface area contributed by atoms with Crippen LogP contribution in [0.25, 0.3) is 0 Å². The molecule has 1 N–H and O–H groups in total. The first-order valence-corrected chi connectivity index (χ1v) is 7.71. The van der Waals surface area contributed by atoms with Crippen LogP contribution in [-0.2, 0) is 0 Å². The van der Waals surface area contributed by atoms with Crippen LogP contribution in [0.5, 0.6) is 5.75 Å². The summed E-state index contributed by atoms with van der Waals surface area (Å²) in [6.07, 6.45) is 2.84. The first-order valence-electron chi connectivity index (χ1n) is 6.54. The molecule has 0 atom stereocenters. The zero-order valence-electron chi connectivity index (χ0n) is 11.1. The molecule has 0 aliphatic heterocycles. The highest BCUT2D eigenvalue weighted by atomic mass is 79.9. The van der Waals surface area contributed by atoms with Gasteiger partial charge in [-0.15, -0.1) is 0 Å². The van der Waals surface area contributed by atoms with Crippen LogP contribution < -0.4 is 10.1 Å². The fraction of sp³-hybridized carbons (Fsp3) is 0.538. The molecule has 1 aliphatic carbocycles. The van der Waals surface area contributed by atoms with E-state index in [1.54, 1.807) is 6.07 Å². The second-order valence-corrected chi connectivity index (χ2v) is 6.15. The Kier molecular flexibility index (Phi) is 5.23. The third-order valence-electron chi connectivity index (χ3n) is 3.25. The van der Waals surface area contributed by atoms with Crippen molar-refractivity contribution in [3.63, 3.8) is 0 Å². The van der Waals surface area contributed by atoms with Gasteiger partial charge in [-0.25, -0.2) is 0 Å². The second kappa shape index (κ2) is 6.74. The van der Waals surface area contributed by atoms with Crippen LogP contribution >= 0.6 is 27.5 Å². The zero-order chi connectivity index (χ0) is 14.7. The maximum absolute atomic E-state index is 11.1. The molecule has 1 saturated carbocycles. The summed E-state index contributed by atoms with van der Waals surface area (Å²) in [6.45, 7) is 3.11. The predicted molar refractivity (Wildman–Crippen MR) is 81.5 cm³/mol. The summed E-state index contributed by atoms with van der Waals surface area (Å²) in [5.74, 6) is 0.262. The number of benzene rings is 1. The molecule has 1 aromatic rings. The topological polar surface area (TPSA) is 64.4 Å². The molecule has 0 amide bonds. The Morgan fingerprint density at radius 1 is 1.55 bits per heavy atom. The van der Waals surface area contributed by atoms with Gasteiger partial charge in [-0.3, -0.25) is 10.1 Å². The van der Waals surface area contributed by atoms with E-state index in [1.165, 1.54) is 6.07 Å². The minimum Gasteiger partial charge on any atom is -0.483 e. The summed E-state index contributed by atoms with van der Waals surface area (Å²) in [6, 6.07) is 3.37. The number of nitrogens with zero attached hydrogens (tertiary/aromatic N) is 1. The van der Waals surface area contributed by atoms with Crippen LogP contribution in [0.4, 0.5) is 5.69 Å². The Morgan fingerprint density at radius 2 is 2.25 bits per heavy atom. The molecule has 0 radical (unpaired) electrons. The van der Waals surface area contributed by atoms with Crippen LogP contribution in [0.2, 0.25) is 5.02 Å². The van der Waals surface area contributed by atoms with Crippen LogP contribution in [0, 0.1) is 10.1 Å². The fourth-order valence-electron chi connectivity index (χ4n) is 2.14. The number of halogens is 2. The number of nitro benzene ring substituents is 1. The van der Waals surface area contributed by atoms with Crippen molar-refractivity contribution < 1.29 is 9.66 Å². The van der Waals surface area contributed by atoms with Crippen molar-refractivity contribution in [1.82, 2.24) is 5.32 Å². The van der Waals surface area contributed by atoms with E-state index in [0.717, 1.165) is 25.8 Å². The highest BCUT2D eigenvalue weighted by Crippen LogP contribution is 2.40. The molecular formula is C13H16BrClN2O3. The smallest absolute Gasteiger partial charge is 0.313 e. The van der Waals surface area contributed by atoms with E-state index < -0.39 is 4.92 Å². The maximum Gasteiger partial charge on any atom is 0.313 e. The lowest BCUT2D eigenvalue weighted by molar-refractivity contribution is -0.386. The van der Waals surface area contributed by atoms with Crippen LogP contribution in [0.1, 0.15) is 26.2 Å². The van der Waals surface area contributed by atoms with E-state index in [2.05, 4.69) is 28.2 Å². The van der Waals surface area contributed by atoms with E-state index in [1.807, 2.05) is 0 Å². The van der Waals surface area contributed by atoms with Gasteiger partial charge in [0.1, 0.15) is 6.10 Å². The van der Waals surface area contributed by atoms with Crippen molar-refractivity contribution in [3.8, 4) is 5.75 Å². The molecule has 0 unspecified atom stereocenters. The van der Waals surface area contributed by atoms with Gasteiger partial charge in [0.05, 0.1) is 9.40 Å². The van der Waals surface area contributed by atoms with Gasteiger partial charge in [0.15, 0.2) is 0 Å². The molecule has 1 fully saturated rings. The van der Waals surface area contributed by atoms with Gasteiger partial charge < -0.3 is 10.1 Å². The third kappa shape index (κ3) is 3.62. The molecule has 1 aliphatic rings. The highest BCUT2D eigenvalue weighted by Gasteiger charge is 2.33. The number of hydrogen-bond donors (Lipinski definition) is 1. The number of ether oxygens (including phenoxy) is 1. The zero-order valence-corrected chi connectivity index (χ0v) is 13.4. The van der Waals surface area contributed by atoms with E-state index in [0.29, 0.717) is 15.5 Å². The van der Waals surface area contributed by atoms with E-state index >= 15 is 0 Å². The van der Waals surface area contributed by atoms with Gasteiger partial charge in [0.25, 0.3) is 0 Å². The monoisotopic (exact) mass is 362 g/mol. The van der Waals surface area contributed by atoms with Gasteiger partial charge in [-0.1, -0.05) is 18.5 Å². The van der Waals surface area contributed by atoms with Gasteiger partial charge in [0, 0.05) is 17.1 Å². The molecule has 110 valence electrons. The lowest BCUT2D eigenvalue weighted by Gasteiger charge is -2.36. The van der Waals surface area contributed by atoms with Crippen molar-refractivity contribution >= 4 is 33.2 Å². The average Bonchev–Trinajstić information content (AvgIpc) is 2.33. The first-order chi connectivity index (χ1) is 9.51. The Morgan fingerprint density at radius 3 is 2.85 bits per heavy atom. The van der Waals surface area contributed by atoms with Crippen LogP contribution in [-0.4, -0.2) is 23.6 Å². The quantitative estimate of drug-likeness (QED) is 0.614. The number of rotatable bonds is 6. The van der Waals surface area contributed by atoms with Crippen LogP contribution in [0.15, 0.2) is 16.6 Å². The molecule has 0 saturated heterocycles. The van der Waals surface area contributed by atoms with Gasteiger partial charge >= 0.3 is 5.69 Å². The summed E-state index contributed by atoms with van der Waals surface area (Å²) in [5.41, 5.74) is -0.102. The molecule has 1 aromatic carbocycles. The van der Waals surface area contributed by atoms with Crippen molar-refractivity contribution in [1.29, 1.82) is 0 Å². The Hall–Kier alpha value is -0.850. The predicted octanol–water partition coefficient (Wildman–Crippen LogP) is 3.92. The summed E-state index contributed by atoms with van der Waals surface area (Å²) in [7, 11) is 0. The molecular weight excluding hydrogens is 348 g/mol. The van der Waals surface area contributed by atoms with E-state index in [-0.39, 0.29) is 17.5 Å². The summed E-state index contributed by atoms with van der Waals surface area (Å²) >= 11 is 9.11. The van der Waals surface area contributed by atoms with Crippen molar-refractivity contribution in [3.05, 3.63) is 31.7 Å². The normalized spacial score (nSPS) is 21.4. The summed E-state index contributed by atoms with van der Waals surface area (Å²) in [5, 5.41) is 14.8. The van der Waals surface area contributed by atoms with Gasteiger partial charge in [0.2, 0.25) is 5.75 Å². The number of nitro groups is 1. The summed E-state index contributed by atoms with van der Waals surface area (Å²) in [4.78, 5) is 10.6. The lowest BCUT2D eigenvalue weighted by Crippen LogP contribution is -2.47. The molecule has 0 bridgehead atoms. The SMILES string of the molecule is CCCNC1CC(Oc2c(Br)cc(Cl)cc2[N+](=O)[O-])C1.